The lowest BCUT2D eigenvalue weighted by atomic mass is 10.1. The lowest BCUT2D eigenvalue weighted by molar-refractivity contribution is -0.120. The van der Waals surface area contributed by atoms with Crippen LogP contribution in [0.15, 0.2) is 54.7 Å². The normalized spacial score (nSPS) is 10.6. The molecule has 0 saturated carbocycles. The Morgan fingerprint density at radius 2 is 1.83 bits per heavy atom. The summed E-state index contributed by atoms with van der Waals surface area (Å²) in [7, 11) is 0. The fourth-order valence-corrected chi connectivity index (χ4v) is 2.67. The average molecular weight is 320 g/mol. The van der Waals surface area contributed by atoms with Crippen molar-refractivity contribution >= 4 is 5.91 Å². The van der Waals surface area contributed by atoms with Crippen molar-refractivity contribution in [3.05, 3.63) is 77.4 Å². The number of nitrogens with zero attached hydrogens (tertiary/aromatic N) is 3. The van der Waals surface area contributed by atoms with E-state index in [1.54, 1.807) is 6.20 Å². The van der Waals surface area contributed by atoms with Gasteiger partial charge in [-0.1, -0.05) is 24.3 Å². The molecule has 3 aromatic rings. The molecule has 0 saturated heterocycles. The van der Waals surface area contributed by atoms with Gasteiger partial charge in [0.05, 0.1) is 30.0 Å². The average Bonchev–Trinajstić information content (AvgIpc) is 2.90. The maximum absolute atomic E-state index is 12.3. The Balaban J connectivity index is 1.71. The highest BCUT2D eigenvalue weighted by atomic mass is 16.1. The number of benzene rings is 1. The lowest BCUT2D eigenvalue weighted by Crippen LogP contribution is -2.25. The Hall–Kier alpha value is -2.95. The van der Waals surface area contributed by atoms with Gasteiger partial charge in [-0.2, -0.15) is 5.10 Å². The van der Waals surface area contributed by atoms with Crippen molar-refractivity contribution in [3.63, 3.8) is 0 Å². The minimum atomic E-state index is -0.0283. The summed E-state index contributed by atoms with van der Waals surface area (Å²) in [5.74, 6) is -0.0283. The fourth-order valence-electron chi connectivity index (χ4n) is 2.67. The molecule has 0 fully saturated rings. The van der Waals surface area contributed by atoms with Gasteiger partial charge in [0.15, 0.2) is 0 Å². The van der Waals surface area contributed by atoms with E-state index in [4.69, 9.17) is 0 Å². The van der Waals surface area contributed by atoms with E-state index in [2.05, 4.69) is 15.4 Å². The summed E-state index contributed by atoms with van der Waals surface area (Å²) in [5.41, 5.74) is 4.69. The van der Waals surface area contributed by atoms with Gasteiger partial charge in [-0.3, -0.25) is 9.78 Å². The third kappa shape index (κ3) is 3.51. The van der Waals surface area contributed by atoms with Crippen LogP contribution in [-0.4, -0.2) is 20.7 Å². The molecule has 5 heteroatoms. The predicted molar refractivity (Wildman–Crippen MR) is 92.8 cm³/mol. The van der Waals surface area contributed by atoms with Crippen molar-refractivity contribution < 1.29 is 4.79 Å². The van der Waals surface area contributed by atoms with Gasteiger partial charge in [0.25, 0.3) is 0 Å². The predicted octanol–water partition coefficient (Wildman–Crippen LogP) is 2.74. The van der Waals surface area contributed by atoms with E-state index >= 15 is 0 Å². The topological polar surface area (TPSA) is 59.8 Å². The smallest absolute Gasteiger partial charge is 0.224 e. The number of pyridine rings is 1. The Kier molecular flexibility index (Phi) is 4.70. The van der Waals surface area contributed by atoms with E-state index < -0.39 is 0 Å². The molecule has 2 aromatic heterocycles. The fraction of sp³-hybridized carbons (Fsp3) is 0.211. The molecule has 0 unspecified atom stereocenters. The number of aromatic nitrogens is 3. The van der Waals surface area contributed by atoms with Gasteiger partial charge >= 0.3 is 0 Å². The molecule has 1 N–H and O–H groups in total. The van der Waals surface area contributed by atoms with Crippen LogP contribution in [0.3, 0.4) is 0 Å². The molecule has 0 aliphatic rings. The molecule has 5 nitrogen and oxygen atoms in total. The summed E-state index contributed by atoms with van der Waals surface area (Å²) in [4.78, 5) is 16.5. The summed E-state index contributed by atoms with van der Waals surface area (Å²) in [5, 5.41) is 7.49. The maximum Gasteiger partial charge on any atom is 0.224 e. The second kappa shape index (κ2) is 7.08. The molecular formula is C19H20N4O. The molecule has 24 heavy (non-hydrogen) atoms. The first-order chi connectivity index (χ1) is 11.6. The number of carbonyl (C=O) groups is 1. The largest absolute Gasteiger partial charge is 0.350 e. The van der Waals surface area contributed by atoms with E-state index in [1.807, 2.05) is 67.1 Å². The highest BCUT2D eigenvalue weighted by Gasteiger charge is 2.15. The zero-order valence-corrected chi connectivity index (χ0v) is 13.9. The zero-order valence-electron chi connectivity index (χ0n) is 13.9. The van der Waals surface area contributed by atoms with Crippen LogP contribution in [0.4, 0.5) is 0 Å². The van der Waals surface area contributed by atoms with E-state index in [-0.39, 0.29) is 5.91 Å². The Morgan fingerprint density at radius 3 is 2.54 bits per heavy atom. The van der Waals surface area contributed by atoms with E-state index in [0.29, 0.717) is 13.0 Å². The van der Waals surface area contributed by atoms with E-state index in [1.165, 1.54) is 0 Å². The van der Waals surface area contributed by atoms with Crippen molar-refractivity contribution in [2.45, 2.75) is 26.8 Å². The summed E-state index contributed by atoms with van der Waals surface area (Å²) in [6.07, 6.45) is 2.04. The number of rotatable bonds is 5. The highest BCUT2D eigenvalue weighted by molar-refractivity contribution is 5.79. The van der Waals surface area contributed by atoms with Crippen LogP contribution in [0.2, 0.25) is 0 Å². The van der Waals surface area contributed by atoms with Gasteiger partial charge in [0.2, 0.25) is 5.91 Å². The molecule has 0 bridgehead atoms. The summed E-state index contributed by atoms with van der Waals surface area (Å²) < 4.78 is 1.89. The van der Waals surface area contributed by atoms with Crippen molar-refractivity contribution in [2.75, 3.05) is 0 Å². The van der Waals surface area contributed by atoms with Gasteiger partial charge in [0.1, 0.15) is 0 Å². The molecule has 0 radical (unpaired) electrons. The number of nitrogens with one attached hydrogen (secondary N) is 1. The Labute approximate surface area is 141 Å². The van der Waals surface area contributed by atoms with Crippen LogP contribution < -0.4 is 5.32 Å². The van der Waals surface area contributed by atoms with Crippen molar-refractivity contribution in [1.29, 1.82) is 0 Å². The SMILES string of the molecule is Cc1nn(-c2ccccc2)c(C)c1CC(=O)NCc1ccccn1. The minimum absolute atomic E-state index is 0.0283. The van der Waals surface area contributed by atoms with Crippen LogP contribution in [0.5, 0.6) is 0 Å². The van der Waals surface area contributed by atoms with Crippen molar-refractivity contribution in [1.82, 2.24) is 20.1 Å². The van der Waals surface area contributed by atoms with Gasteiger partial charge in [-0.05, 0) is 38.1 Å². The van der Waals surface area contributed by atoms with Gasteiger partial charge < -0.3 is 5.32 Å². The number of hydrogen-bond donors (Lipinski definition) is 1. The first-order valence-electron chi connectivity index (χ1n) is 7.92. The van der Waals surface area contributed by atoms with Crippen LogP contribution >= 0.6 is 0 Å². The Bertz CT molecular complexity index is 825. The number of amides is 1. The molecule has 0 aliphatic carbocycles. The van der Waals surface area contributed by atoms with E-state index in [0.717, 1.165) is 28.3 Å². The van der Waals surface area contributed by atoms with E-state index in [9.17, 15) is 4.79 Å². The number of hydrogen-bond acceptors (Lipinski definition) is 3. The quantitative estimate of drug-likeness (QED) is 0.786. The van der Waals surface area contributed by atoms with Crippen LogP contribution in [0, 0.1) is 13.8 Å². The second-order valence-corrected chi connectivity index (χ2v) is 5.67. The van der Waals surface area contributed by atoms with Crippen LogP contribution in [0.25, 0.3) is 5.69 Å². The summed E-state index contributed by atoms with van der Waals surface area (Å²) >= 11 is 0. The highest BCUT2D eigenvalue weighted by Crippen LogP contribution is 2.18. The molecule has 122 valence electrons. The monoisotopic (exact) mass is 320 g/mol. The molecular weight excluding hydrogens is 300 g/mol. The van der Waals surface area contributed by atoms with Gasteiger partial charge in [-0.15, -0.1) is 0 Å². The standard InChI is InChI=1S/C19H20N4O/c1-14-18(12-19(24)21-13-16-8-6-7-11-20-16)15(2)23(22-14)17-9-4-3-5-10-17/h3-11H,12-13H2,1-2H3,(H,21,24). The molecule has 3 rings (SSSR count). The molecule has 1 amide bonds. The van der Waals surface area contributed by atoms with Crippen molar-refractivity contribution in [3.8, 4) is 5.69 Å². The summed E-state index contributed by atoms with van der Waals surface area (Å²) in [6.45, 7) is 4.37. The zero-order chi connectivity index (χ0) is 16.9. The second-order valence-electron chi connectivity index (χ2n) is 5.67. The first-order valence-corrected chi connectivity index (χ1v) is 7.92. The molecule has 0 atom stereocenters. The third-order valence-corrected chi connectivity index (χ3v) is 3.97. The molecule has 0 spiro atoms. The summed E-state index contributed by atoms with van der Waals surface area (Å²) in [6, 6.07) is 15.6. The maximum atomic E-state index is 12.3. The number of aryl methyl sites for hydroxylation is 1. The molecule has 1 aromatic carbocycles. The number of carbonyl (C=O) groups excluding carboxylic acids is 1. The lowest BCUT2D eigenvalue weighted by Gasteiger charge is -2.06. The molecule has 2 heterocycles. The first kappa shape index (κ1) is 15.9. The minimum Gasteiger partial charge on any atom is -0.350 e. The van der Waals surface area contributed by atoms with Crippen LogP contribution in [-0.2, 0) is 17.8 Å². The van der Waals surface area contributed by atoms with Crippen molar-refractivity contribution in [2.24, 2.45) is 0 Å². The molecule has 0 aliphatic heterocycles. The third-order valence-electron chi connectivity index (χ3n) is 3.97. The van der Waals surface area contributed by atoms with Gasteiger partial charge in [0, 0.05) is 17.5 Å². The van der Waals surface area contributed by atoms with Gasteiger partial charge in [-0.25, -0.2) is 4.68 Å². The number of para-hydroxylation sites is 1. The van der Waals surface area contributed by atoms with Crippen LogP contribution in [0.1, 0.15) is 22.6 Å². The Morgan fingerprint density at radius 1 is 1.08 bits per heavy atom.